The molecule has 2 aromatic heterocycles. The zero-order valence-corrected chi connectivity index (χ0v) is 10.2. The van der Waals surface area contributed by atoms with Gasteiger partial charge in [0, 0.05) is 32.2 Å². The number of hydrogen-bond donors (Lipinski definition) is 1. The zero-order valence-electron chi connectivity index (χ0n) is 10.2. The second-order valence-corrected chi connectivity index (χ2v) is 4.20. The SMILES string of the molecule is CN(CCn1ccc(N)n1)Cc1nccn1C. The Balaban J connectivity index is 1.82. The molecule has 0 aliphatic heterocycles. The summed E-state index contributed by atoms with van der Waals surface area (Å²) >= 11 is 0. The van der Waals surface area contributed by atoms with Gasteiger partial charge in [-0.05, 0) is 13.1 Å². The van der Waals surface area contributed by atoms with E-state index < -0.39 is 0 Å². The van der Waals surface area contributed by atoms with E-state index >= 15 is 0 Å². The van der Waals surface area contributed by atoms with Gasteiger partial charge in [-0.3, -0.25) is 9.58 Å². The zero-order chi connectivity index (χ0) is 12.3. The Hall–Kier alpha value is -1.82. The van der Waals surface area contributed by atoms with Crippen molar-refractivity contribution in [1.82, 2.24) is 24.2 Å². The lowest BCUT2D eigenvalue weighted by atomic mass is 10.5. The molecule has 0 saturated carbocycles. The van der Waals surface area contributed by atoms with Crippen LogP contribution in [-0.2, 0) is 20.1 Å². The number of anilines is 1. The molecule has 6 heteroatoms. The van der Waals surface area contributed by atoms with Crippen LogP contribution in [0.15, 0.2) is 24.7 Å². The minimum absolute atomic E-state index is 0.566. The lowest BCUT2D eigenvalue weighted by Crippen LogP contribution is -2.24. The molecule has 0 atom stereocenters. The predicted octanol–water partition coefficient (Wildman–Crippen LogP) is 0.331. The monoisotopic (exact) mass is 234 g/mol. The Morgan fingerprint density at radius 3 is 2.82 bits per heavy atom. The first kappa shape index (κ1) is 11.7. The van der Waals surface area contributed by atoms with Crippen molar-refractivity contribution < 1.29 is 0 Å². The minimum atomic E-state index is 0.566. The molecule has 92 valence electrons. The fraction of sp³-hybridized carbons (Fsp3) is 0.455. The number of aryl methyl sites for hydroxylation is 1. The van der Waals surface area contributed by atoms with Gasteiger partial charge in [-0.25, -0.2) is 4.98 Å². The fourth-order valence-corrected chi connectivity index (χ4v) is 1.64. The molecule has 0 aliphatic rings. The van der Waals surface area contributed by atoms with E-state index in [-0.39, 0.29) is 0 Å². The van der Waals surface area contributed by atoms with E-state index in [0.717, 1.165) is 25.5 Å². The van der Waals surface area contributed by atoms with Gasteiger partial charge in [-0.15, -0.1) is 0 Å². The van der Waals surface area contributed by atoms with E-state index in [1.165, 1.54) is 0 Å². The van der Waals surface area contributed by atoms with Gasteiger partial charge in [0.05, 0.1) is 13.1 Å². The summed E-state index contributed by atoms with van der Waals surface area (Å²) in [5.74, 6) is 1.63. The van der Waals surface area contributed by atoms with E-state index in [2.05, 4.69) is 22.0 Å². The van der Waals surface area contributed by atoms with Crippen LogP contribution in [0.4, 0.5) is 5.82 Å². The van der Waals surface area contributed by atoms with Gasteiger partial charge in [0.25, 0.3) is 0 Å². The Morgan fingerprint density at radius 2 is 2.24 bits per heavy atom. The lowest BCUT2D eigenvalue weighted by molar-refractivity contribution is 0.295. The standard InChI is InChI=1S/C11H18N6/c1-15(9-11-13-4-6-16(11)2)7-8-17-5-3-10(12)14-17/h3-6H,7-9H2,1-2H3,(H2,12,14). The summed E-state index contributed by atoms with van der Waals surface area (Å²) in [6.07, 6.45) is 5.67. The highest BCUT2D eigenvalue weighted by molar-refractivity contribution is 5.23. The Kier molecular flexibility index (Phi) is 3.43. The predicted molar refractivity (Wildman–Crippen MR) is 66.2 cm³/mol. The molecule has 0 saturated heterocycles. The Labute approximate surface area is 101 Å². The summed E-state index contributed by atoms with van der Waals surface area (Å²) in [4.78, 5) is 6.50. The number of likely N-dealkylation sites (N-methyl/N-ethyl adjacent to an activating group) is 1. The molecular formula is C11H18N6. The van der Waals surface area contributed by atoms with Crippen LogP contribution in [0.25, 0.3) is 0 Å². The van der Waals surface area contributed by atoms with E-state index in [1.54, 1.807) is 6.07 Å². The van der Waals surface area contributed by atoms with Gasteiger partial charge in [0.1, 0.15) is 11.6 Å². The Bertz CT molecular complexity index is 472. The van der Waals surface area contributed by atoms with Crippen molar-refractivity contribution in [3.63, 3.8) is 0 Å². The van der Waals surface area contributed by atoms with E-state index in [0.29, 0.717) is 5.82 Å². The van der Waals surface area contributed by atoms with Crippen LogP contribution in [0.3, 0.4) is 0 Å². The molecule has 2 N–H and O–H groups in total. The maximum Gasteiger partial charge on any atom is 0.145 e. The highest BCUT2D eigenvalue weighted by atomic mass is 15.3. The molecule has 0 radical (unpaired) electrons. The maximum atomic E-state index is 5.56. The number of rotatable bonds is 5. The molecule has 2 rings (SSSR count). The molecule has 17 heavy (non-hydrogen) atoms. The highest BCUT2D eigenvalue weighted by Gasteiger charge is 2.04. The third-order valence-electron chi connectivity index (χ3n) is 2.70. The summed E-state index contributed by atoms with van der Waals surface area (Å²) in [5.41, 5.74) is 5.56. The smallest absolute Gasteiger partial charge is 0.145 e. The van der Waals surface area contributed by atoms with E-state index in [9.17, 15) is 0 Å². The summed E-state index contributed by atoms with van der Waals surface area (Å²) in [6.45, 7) is 2.58. The van der Waals surface area contributed by atoms with Crippen LogP contribution in [0.5, 0.6) is 0 Å². The molecule has 2 heterocycles. The minimum Gasteiger partial charge on any atom is -0.382 e. The molecule has 0 amide bonds. The van der Waals surface area contributed by atoms with Crippen molar-refractivity contribution in [3.8, 4) is 0 Å². The van der Waals surface area contributed by atoms with Crippen LogP contribution in [0.1, 0.15) is 5.82 Å². The first-order valence-corrected chi connectivity index (χ1v) is 5.59. The topological polar surface area (TPSA) is 64.9 Å². The largest absolute Gasteiger partial charge is 0.382 e. The van der Waals surface area contributed by atoms with Gasteiger partial charge in [-0.2, -0.15) is 5.10 Å². The average molecular weight is 234 g/mol. The van der Waals surface area contributed by atoms with Crippen molar-refractivity contribution in [3.05, 3.63) is 30.5 Å². The van der Waals surface area contributed by atoms with Gasteiger partial charge < -0.3 is 10.3 Å². The molecule has 0 unspecified atom stereocenters. The van der Waals surface area contributed by atoms with Crippen molar-refractivity contribution in [1.29, 1.82) is 0 Å². The van der Waals surface area contributed by atoms with Gasteiger partial charge in [0.2, 0.25) is 0 Å². The van der Waals surface area contributed by atoms with Crippen molar-refractivity contribution >= 4 is 5.82 Å². The first-order chi connectivity index (χ1) is 8.15. The van der Waals surface area contributed by atoms with Crippen molar-refractivity contribution in [2.75, 3.05) is 19.3 Å². The number of nitrogen functional groups attached to an aromatic ring is 1. The van der Waals surface area contributed by atoms with E-state index in [1.807, 2.05) is 34.9 Å². The molecule has 0 aromatic carbocycles. The van der Waals surface area contributed by atoms with Crippen molar-refractivity contribution in [2.24, 2.45) is 7.05 Å². The summed E-state index contributed by atoms with van der Waals surface area (Å²) in [7, 11) is 4.08. The molecular weight excluding hydrogens is 216 g/mol. The lowest BCUT2D eigenvalue weighted by Gasteiger charge is -2.16. The number of hydrogen-bond acceptors (Lipinski definition) is 4. The molecule has 0 fully saturated rings. The van der Waals surface area contributed by atoms with E-state index in [4.69, 9.17) is 5.73 Å². The summed E-state index contributed by atoms with van der Waals surface area (Å²) in [6, 6.07) is 1.80. The van der Waals surface area contributed by atoms with Gasteiger partial charge in [0.15, 0.2) is 0 Å². The van der Waals surface area contributed by atoms with Crippen LogP contribution in [0.2, 0.25) is 0 Å². The van der Waals surface area contributed by atoms with Crippen LogP contribution in [0, 0.1) is 0 Å². The van der Waals surface area contributed by atoms with Gasteiger partial charge >= 0.3 is 0 Å². The van der Waals surface area contributed by atoms with Crippen LogP contribution < -0.4 is 5.73 Å². The maximum absolute atomic E-state index is 5.56. The number of aromatic nitrogens is 4. The quantitative estimate of drug-likeness (QED) is 0.809. The average Bonchev–Trinajstić information content (AvgIpc) is 2.86. The molecule has 6 nitrogen and oxygen atoms in total. The fourth-order valence-electron chi connectivity index (χ4n) is 1.64. The molecule has 0 bridgehead atoms. The number of nitrogens with two attached hydrogens (primary N) is 1. The first-order valence-electron chi connectivity index (χ1n) is 5.59. The number of imidazole rings is 1. The molecule has 2 aromatic rings. The third-order valence-corrected chi connectivity index (χ3v) is 2.70. The summed E-state index contributed by atoms with van der Waals surface area (Å²) < 4.78 is 3.88. The second kappa shape index (κ2) is 5.01. The summed E-state index contributed by atoms with van der Waals surface area (Å²) in [5, 5.41) is 4.14. The Morgan fingerprint density at radius 1 is 1.41 bits per heavy atom. The van der Waals surface area contributed by atoms with Crippen molar-refractivity contribution in [2.45, 2.75) is 13.1 Å². The van der Waals surface area contributed by atoms with Crippen LogP contribution in [-0.4, -0.2) is 37.8 Å². The second-order valence-electron chi connectivity index (χ2n) is 4.20. The van der Waals surface area contributed by atoms with Crippen LogP contribution >= 0.6 is 0 Å². The number of nitrogens with zero attached hydrogens (tertiary/aromatic N) is 5. The third kappa shape index (κ3) is 3.07. The molecule has 0 aliphatic carbocycles. The normalized spacial score (nSPS) is 11.2. The highest BCUT2D eigenvalue weighted by Crippen LogP contribution is 2.00. The van der Waals surface area contributed by atoms with Gasteiger partial charge in [-0.1, -0.05) is 0 Å². The molecule has 0 spiro atoms.